The van der Waals surface area contributed by atoms with E-state index in [2.05, 4.69) is 50.2 Å². The van der Waals surface area contributed by atoms with Crippen LogP contribution in [0.3, 0.4) is 0 Å². The van der Waals surface area contributed by atoms with Gasteiger partial charge < -0.3 is 5.32 Å². The SMILES string of the molecule is CC(NCc1cc(Br)c(Br)s1)C1CC1. The summed E-state index contributed by atoms with van der Waals surface area (Å²) in [6.07, 6.45) is 2.82. The number of thiophene rings is 1. The lowest BCUT2D eigenvalue weighted by Crippen LogP contribution is -2.26. The van der Waals surface area contributed by atoms with Crippen LogP contribution in [-0.4, -0.2) is 6.04 Å². The van der Waals surface area contributed by atoms with E-state index in [0.717, 1.165) is 12.5 Å². The van der Waals surface area contributed by atoms with E-state index in [0.29, 0.717) is 6.04 Å². The first-order chi connectivity index (χ1) is 6.66. The minimum Gasteiger partial charge on any atom is -0.309 e. The maximum absolute atomic E-state index is 3.57. The van der Waals surface area contributed by atoms with Crippen molar-refractivity contribution < 1.29 is 0 Å². The second kappa shape index (κ2) is 4.64. The van der Waals surface area contributed by atoms with Crippen molar-refractivity contribution >= 4 is 43.2 Å². The Morgan fingerprint density at radius 1 is 1.57 bits per heavy atom. The summed E-state index contributed by atoms with van der Waals surface area (Å²) in [4.78, 5) is 1.39. The first kappa shape index (κ1) is 11.1. The topological polar surface area (TPSA) is 12.0 Å². The molecular formula is C10H13Br2NS. The van der Waals surface area contributed by atoms with Gasteiger partial charge in [0.25, 0.3) is 0 Å². The molecular weight excluding hydrogens is 326 g/mol. The van der Waals surface area contributed by atoms with E-state index in [1.807, 2.05) is 0 Å². The standard InChI is InChI=1S/C10H13Br2NS/c1-6(7-2-3-7)13-5-8-4-9(11)10(12)14-8/h4,6-7,13H,2-3,5H2,1H3. The highest BCUT2D eigenvalue weighted by atomic mass is 79.9. The number of hydrogen-bond acceptors (Lipinski definition) is 2. The van der Waals surface area contributed by atoms with Crippen LogP contribution in [0.1, 0.15) is 24.6 Å². The summed E-state index contributed by atoms with van der Waals surface area (Å²) in [6, 6.07) is 2.86. The van der Waals surface area contributed by atoms with Crippen LogP contribution < -0.4 is 5.32 Å². The molecule has 4 heteroatoms. The second-order valence-corrected chi connectivity index (χ2v) is 7.15. The van der Waals surface area contributed by atoms with Crippen LogP contribution in [0.4, 0.5) is 0 Å². The van der Waals surface area contributed by atoms with E-state index in [9.17, 15) is 0 Å². The Bertz CT molecular complexity index is 300. The van der Waals surface area contributed by atoms with E-state index in [4.69, 9.17) is 0 Å². The molecule has 14 heavy (non-hydrogen) atoms. The third-order valence-electron chi connectivity index (χ3n) is 2.62. The summed E-state index contributed by atoms with van der Waals surface area (Å²) in [6.45, 7) is 3.28. The van der Waals surface area contributed by atoms with Crippen LogP contribution >= 0.6 is 43.2 Å². The Morgan fingerprint density at radius 3 is 2.79 bits per heavy atom. The lowest BCUT2D eigenvalue weighted by atomic mass is 10.2. The Morgan fingerprint density at radius 2 is 2.29 bits per heavy atom. The third-order valence-corrected chi connectivity index (χ3v) is 5.88. The number of nitrogens with one attached hydrogen (secondary N) is 1. The van der Waals surface area contributed by atoms with E-state index in [1.54, 1.807) is 11.3 Å². The molecule has 1 atom stereocenters. The van der Waals surface area contributed by atoms with Crippen LogP contribution in [0.15, 0.2) is 14.3 Å². The van der Waals surface area contributed by atoms with Gasteiger partial charge in [-0.15, -0.1) is 11.3 Å². The van der Waals surface area contributed by atoms with Gasteiger partial charge in [-0.2, -0.15) is 0 Å². The molecule has 1 heterocycles. The van der Waals surface area contributed by atoms with Gasteiger partial charge >= 0.3 is 0 Å². The molecule has 0 spiro atoms. The molecule has 1 unspecified atom stereocenters. The van der Waals surface area contributed by atoms with Crippen LogP contribution in [0, 0.1) is 5.92 Å². The van der Waals surface area contributed by atoms with Crippen LogP contribution in [-0.2, 0) is 6.54 Å². The van der Waals surface area contributed by atoms with Crippen molar-refractivity contribution in [2.75, 3.05) is 0 Å². The number of rotatable bonds is 4. The zero-order valence-electron chi connectivity index (χ0n) is 8.02. The fourth-order valence-electron chi connectivity index (χ4n) is 1.50. The van der Waals surface area contributed by atoms with Gasteiger partial charge in [0.2, 0.25) is 0 Å². The van der Waals surface area contributed by atoms with Crippen molar-refractivity contribution in [3.05, 3.63) is 19.2 Å². The first-order valence-corrected chi connectivity index (χ1v) is 7.24. The fraction of sp³-hybridized carbons (Fsp3) is 0.600. The van der Waals surface area contributed by atoms with Gasteiger partial charge in [-0.3, -0.25) is 0 Å². The monoisotopic (exact) mass is 337 g/mol. The Kier molecular flexibility index (Phi) is 3.68. The highest BCUT2D eigenvalue weighted by molar-refractivity contribution is 9.13. The van der Waals surface area contributed by atoms with Crippen LogP contribution in [0.2, 0.25) is 0 Å². The maximum atomic E-state index is 3.57. The minimum atomic E-state index is 0.676. The lowest BCUT2D eigenvalue weighted by molar-refractivity contribution is 0.499. The third kappa shape index (κ3) is 2.81. The Labute approximate surface area is 106 Å². The van der Waals surface area contributed by atoms with Crippen molar-refractivity contribution in [1.82, 2.24) is 5.32 Å². The molecule has 1 aromatic heterocycles. The minimum absolute atomic E-state index is 0.676. The van der Waals surface area contributed by atoms with Crippen LogP contribution in [0.5, 0.6) is 0 Å². The van der Waals surface area contributed by atoms with E-state index in [-0.39, 0.29) is 0 Å². The van der Waals surface area contributed by atoms with Crippen LogP contribution in [0.25, 0.3) is 0 Å². The molecule has 1 N–H and O–H groups in total. The Balaban J connectivity index is 1.84. The summed E-state index contributed by atoms with van der Waals surface area (Å²) >= 11 is 8.80. The molecule has 0 bridgehead atoms. The van der Waals surface area contributed by atoms with E-state index >= 15 is 0 Å². The van der Waals surface area contributed by atoms with Crippen molar-refractivity contribution in [1.29, 1.82) is 0 Å². The molecule has 78 valence electrons. The summed E-state index contributed by atoms with van der Waals surface area (Å²) in [5.74, 6) is 0.932. The molecule has 0 aromatic carbocycles. The van der Waals surface area contributed by atoms with E-state index in [1.165, 1.54) is 26.0 Å². The van der Waals surface area contributed by atoms with Gasteiger partial charge in [-0.1, -0.05) is 0 Å². The predicted octanol–water partition coefficient (Wildman–Crippen LogP) is 4.16. The van der Waals surface area contributed by atoms with Gasteiger partial charge in [0.15, 0.2) is 0 Å². The molecule has 0 amide bonds. The van der Waals surface area contributed by atoms with Crippen molar-refractivity contribution in [3.63, 3.8) is 0 Å². The summed E-state index contributed by atoms with van der Waals surface area (Å²) in [5.41, 5.74) is 0. The molecule has 1 aromatic rings. The second-order valence-electron chi connectivity index (χ2n) is 3.84. The molecule has 1 saturated carbocycles. The fourth-order valence-corrected chi connectivity index (χ4v) is 3.63. The molecule has 1 aliphatic carbocycles. The van der Waals surface area contributed by atoms with Crippen molar-refractivity contribution in [2.45, 2.75) is 32.4 Å². The zero-order chi connectivity index (χ0) is 10.1. The largest absolute Gasteiger partial charge is 0.309 e. The summed E-state index contributed by atoms with van der Waals surface area (Å²) in [5, 5.41) is 3.57. The molecule has 0 aliphatic heterocycles. The highest BCUT2D eigenvalue weighted by Crippen LogP contribution is 2.34. The van der Waals surface area contributed by atoms with Gasteiger partial charge in [-0.05, 0) is 63.6 Å². The number of halogens is 2. The molecule has 0 saturated heterocycles. The molecule has 1 nitrogen and oxygen atoms in total. The molecule has 0 radical (unpaired) electrons. The van der Waals surface area contributed by atoms with Gasteiger partial charge in [0.1, 0.15) is 0 Å². The van der Waals surface area contributed by atoms with Crippen molar-refractivity contribution in [3.8, 4) is 0 Å². The molecule has 2 rings (SSSR count). The lowest BCUT2D eigenvalue weighted by Gasteiger charge is -2.10. The number of hydrogen-bond donors (Lipinski definition) is 1. The van der Waals surface area contributed by atoms with Gasteiger partial charge in [0, 0.05) is 21.9 Å². The molecule has 1 fully saturated rings. The average molecular weight is 339 g/mol. The quantitative estimate of drug-likeness (QED) is 0.869. The Hall–Kier alpha value is 0.620. The first-order valence-electron chi connectivity index (χ1n) is 4.84. The van der Waals surface area contributed by atoms with Crippen molar-refractivity contribution in [2.24, 2.45) is 5.92 Å². The summed E-state index contributed by atoms with van der Waals surface area (Å²) < 4.78 is 2.35. The van der Waals surface area contributed by atoms with Gasteiger partial charge in [-0.25, -0.2) is 0 Å². The maximum Gasteiger partial charge on any atom is 0.0843 e. The zero-order valence-corrected chi connectivity index (χ0v) is 12.0. The summed E-state index contributed by atoms with van der Waals surface area (Å²) in [7, 11) is 0. The smallest absolute Gasteiger partial charge is 0.0843 e. The normalized spacial score (nSPS) is 18.5. The average Bonchev–Trinajstić information content (AvgIpc) is 2.92. The highest BCUT2D eigenvalue weighted by Gasteiger charge is 2.27. The van der Waals surface area contributed by atoms with E-state index < -0.39 is 0 Å². The molecule has 1 aliphatic rings. The van der Waals surface area contributed by atoms with Gasteiger partial charge in [0.05, 0.1) is 3.79 Å². The predicted molar refractivity (Wildman–Crippen MR) is 68.7 cm³/mol.